The normalized spacial score (nSPS) is 18.2. The van der Waals surface area contributed by atoms with Crippen molar-refractivity contribution in [2.75, 3.05) is 38.1 Å². The van der Waals surface area contributed by atoms with Crippen molar-refractivity contribution in [1.29, 1.82) is 0 Å². The minimum atomic E-state index is -2.34. The van der Waals surface area contributed by atoms with E-state index >= 15 is 0 Å². The Kier molecular flexibility index (Phi) is 7.64. The van der Waals surface area contributed by atoms with Crippen molar-refractivity contribution in [3.63, 3.8) is 0 Å². The number of hydrogen-bond donors (Lipinski definition) is 0. The van der Waals surface area contributed by atoms with E-state index < -0.39 is 6.43 Å². The molecule has 4 rings (SSSR count). The highest BCUT2D eigenvalue weighted by Gasteiger charge is 2.27. The van der Waals surface area contributed by atoms with E-state index in [4.69, 9.17) is 14.7 Å². The van der Waals surface area contributed by atoms with Gasteiger partial charge in [0.15, 0.2) is 11.6 Å². The van der Waals surface area contributed by atoms with Gasteiger partial charge in [-0.3, -0.25) is 14.7 Å². The fourth-order valence-corrected chi connectivity index (χ4v) is 4.88. The maximum absolute atomic E-state index is 12.7. The minimum Gasteiger partial charge on any atom is -0.489 e. The Morgan fingerprint density at radius 1 is 1.29 bits per heavy atom. The van der Waals surface area contributed by atoms with Crippen LogP contribution in [-0.2, 0) is 17.6 Å². The zero-order valence-corrected chi connectivity index (χ0v) is 21.1. The number of fused-ring (bicyclic) bond motifs is 1. The van der Waals surface area contributed by atoms with Crippen LogP contribution in [0.25, 0.3) is 11.5 Å². The Labute approximate surface area is 205 Å². The summed E-state index contributed by atoms with van der Waals surface area (Å²) in [6, 6.07) is 3.58. The van der Waals surface area contributed by atoms with Crippen LogP contribution in [0.4, 0.5) is 14.6 Å². The van der Waals surface area contributed by atoms with Crippen molar-refractivity contribution in [2.45, 2.75) is 65.4 Å². The summed E-state index contributed by atoms with van der Waals surface area (Å²) >= 11 is 0. The number of likely N-dealkylation sites (tertiary alicyclic amines) is 1. The van der Waals surface area contributed by atoms with E-state index in [0.717, 1.165) is 36.3 Å². The van der Waals surface area contributed by atoms with E-state index in [9.17, 15) is 13.6 Å². The molecule has 2 aromatic heterocycles. The molecular weight excluding hydrogens is 452 g/mol. The van der Waals surface area contributed by atoms with Crippen LogP contribution in [0.15, 0.2) is 18.3 Å². The SMILES string of the molecule is CN(CC(=O)CC(C)(C)C)c1nc(-c2cc(O[C@@H]3CCN(CC(F)F)C3)ccn2)nc2c1CCC2. The quantitative estimate of drug-likeness (QED) is 0.525. The van der Waals surface area contributed by atoms with Crippen molar-refractivity contribution >= 4 is 11.6 Å². The Balaban J connectivity index is 1.52. The summed E-state index contributed by atoms with van der Waals surface area (Å²) in [5, 5.41) is 0. The van der Waals surface area contributed by atoms with Crippen molar-refractivity contribution in [1.82, 2.24) is 19.9 Å². The summed E-state index contributed by atoms with van der Waals surface area (Å²) in [7, 11) is 1.91. The molecule has 1 aliphatic carbocycles. The molecular formula is C26H35F2N5O2. The molecule has 3 heterocycles. The molecule has 1 fully saturated rings. The second-order valence-corrected chi connectivity index (χ2v) is 10.8. The predicted octanol–water partition coefficient (Wildman–Crippen LogP) is 4.19. The molecule has 9 heteroatoms. The smallest absolute Gasteiger partial charge is 0.251 e. The number of aryl methyl sites for hydroxylation is 1. The Hall–Kier alpha value is -2.68. The summed E-state index contributed by atoms with van der Waals surface area (Å²) in [4.78, 5) is 30.4. The number of nitrogens with zero attached hydrogens (tertiary/aromatic N) is 5. The number of halogens is 2. The lowest BCUT2D eigenvalue weighted by Crippen LogP contribution is -2.30. The third kappa shape index (κ3) is 6.72. The van der Waals surface area contributed by atoms with Gasteiger partial charge < -0.3 is 9.64 Å². The molecule has 2 aliphatic rings. The molecule has 1 aliphatic heterocycles. The summed E-state index contributed by atoms with van der Waals surface area (Å²) in [5.74, 6) is 2.10. The Morgan fingerprint density at radius 2 is 2.09 bits per heavy atom. The number of ether oxygens (including phenoxy) is 1. The van der Waals surface area contributed by atoms with Crippen LogP contribution >= 0.6 is 0 Å². The van der Waals surface area contributed by atoms with Gasteiger partial charge in [0.1, 0.15) is 23.4 Å². The summed E-state index contributed by atoms with van der Waals surface area (Å²) < 4.78 is 31.4. The first-order valence-electron chi connectivity index (χ1n) is 12.3. The fraction of sp³-hybridized carbons (Fsp3) is 0.615. The van der Waals surface area contributed by atoms with Crippen LogP contribution in [0.2, 0.25) is 0 Å². The predicted molar refractivity (Wildman–Crippen MR) is 131 cm³/mol. The zero-order valence-electron chi connectivity index (χ0n) is 21.1. The average Bonchev–Trinajstić information content (AvgIpc) is 3.40. The fourth-order valence-electron chi connectivity index (χ4n) is 4.88. The van der Waals surface area contributed by atoms with Gasteiger partial charge in [0, 0.05) is 50.1 Å². The average molecular weight is 488 g/mol. The number of pyridine rings is 1. The monoisotopic (exact) mass is 487 g/mol. The largest absolute Gasteiger partial charge is 0.489 e. The molecule has 0 amide bonds. The van der Waals surface area contributed by atoms with Crippen LogP contribution in [-0.4, -0.2) is 71.4 Å². The number of aromatic nitrogens is 3. The molecule has 1 atom stereocenters. The number of hydrogen-bond acceptors (Lipinski definition) is 7. The maximum atomic E-state index is 12.7. The number of carbonyl (C=O) groups is 1. The molecule has 2 aromatic rings. The molecule has 0 N–H and O–H groups in total. The first kappa shape index (κ1) is 25.4. The number of Topliss-reactive ketones (excluding diaryl/α,β-unsaturated/α-hetero) is 1. The lowest BCUT2D eigenvalue weighted by Gasteiger charge is -2.23. The highest BCUT2D eigenvalue weighted by molar-refractivity contribution is 5.84. The molecule has 190 valence electrons. The Bertz CT molecular complexity index is 1060. The van der Waals surface area contributed by atoms with Crippen molar-refractivity contribution < 1.29 is 18.3 Å². The number of anilines is 1. The highest BCUT2D eigenvalue weighted by Crippen LogP contribution is 2.32. The van der Waals surface area contributed by atoms with Gasteiger partial charge in [-0.25, -0.2) is 18.7 Å². The number of rotatable bonds is 9. The van der Waals surface area contributed by atoms with Gasteiger partial charge >= 0.3 is 0 Å². The van der Waals surface area contributed by atoms with Gasteiger partial charge in [-0.1, -0.05) is 20.8 Å². The van der Waals surface area contributed by atoms with E-state index in [1.54, 1.807) is 23.2 Å². The Morgan fingerprint density at radius 3 is 2.83 bits per heavy atom. The van der Waals surface area contributed by atoms with Gasteiger partial charge in [0.2, 0.25) is 0 Å². The van der Waals surface area contributed by atoms with Gasteiger partial charge in [0.05, 0.1) is 13.1 Å². The van der Waals surface area contributed by atoms with Crippen molar-refractivity contribution in [2.24, 2.45) is 5.41 Å². The van der Waals surface area contributed by atoms with Gasteiger partial charge in [0.25, 0.3) is 6.43 Å². The first-order valence-corrected chi connectivity index (χ1v) is 12.3. The molecule has 0 saturated carbocycles. The van der Waals surface area contributed by atoms with E-state index in [1.807, 2.05) is 11.9 Å². The van der Waals surface area contributed by atoms with E-state index in [2.05, 4.69) is 25.8 Å². The van der Waals surface area contributed by atoms with Crippen LogP contribution < -0.4 is 9.64 Å². The maximum Gasteiger partial charge on any atom is 0.251 e. The number of alkyl halides is 2. The van der Waals surface area contributed by atoms with Gasteiger partial charge in [-0.05, 0) is 37.2 Å². The summed E-state index contributed by atoms with van der Waals surface area (Å²) in [6.45, 7) is 7.35. The standard InChI is InChI=1S/C26H35F2N5O2/c1-26(2,3)13-17(34)14-32(4)25-20-6-5-7-21(20)30-24(31-25)22-12-18(8-10-29-22)35-19-9-11-33(15-19)16-23(27)28/h8,10,12,19,23H,5-7,9,11,13-16H2,1-4H3/t19-/m1/s1. The molecule has 0 aromatic carbocycles. The van der Waals surface area contributed by atoms with Crippen molar-refractivity contribution in [3.8, 4) is 17.3 Å². The third-order valence-electron chi connectivity index (χ3n) is 6.30. The number of ketones is 1. The second kappa shape index (κ2) is 10.5. The number of carbonyl (C=O) groups excluding carboxylic acids is 1. The molecule has 0 unspecified atom stereocenters. The lowest BCUT2D eigenvalue weighted by atomic mass is 9.90. The lowest BCUT2D eigenvalue weighted by molar-refractivity contribution is -0.119. The van der Waals surface area contributed by atoms with Gasteiger partial charge in [-0.2, -0.15) is 0 Å². The van der Waals surface area contributed by atoms with Crippen LogP contribution in [0, 0.1) is 5.41 Å². The van der Waals surface area contributed by atoms with Gasteiger partial charge in [-0.15, -0.1) is 0 Å². The van der Waals surface area contributed by atoms with E-state index in [1.165, 1.54) is 0 Å². The van der Waals surface area contributed by atoms with Crippen molar-refractivity contribution in [3.05, 3.63) is 29.6 Å². The summed E-state index contributed by atoms with van der Waals surface area (Å²) in [6.07, 6.45) is 3.18. The van der Waals surface area contributed by atoms with Crippen LogP contribution in [0.5, 0.6) is 5.75 Å². The molecule has 1 saturated heterocycles. The molecule has 0 radical (unpaired) electrons. The first-order chi connectivity index (χ1) is 16.6. The van der Waals surface area contributed by atoms with Crippen LogP contribution in [0.1, 0.15) is 51.3 Å². The zero-order chi connectivity index (χ0) is 25.2. The molecule has 7 nitrogen and oxygen atoms in total. The van der Waals surface area contributed by atoms with Crippen LogP contribution in [0.3, 0.4) is 0 Å². The molecule has 0 spiro atoms. The molecule has 35 heavy (non-hydrogen) atoms. The minimum absolute atomic E-state index is 0.0587. The number of likely N-dealkylation sites (N-methyl/N-ethyl adjacent to an activating group) is 1. The van der Waals surface area contributed by atoms with E-state index in [0.29, 0.717) is 49.7 Å². The second-order valence-electron chi connectivity index (χ2n) is 10.8. The molecule has 0 bridgehead atoms. The third-order valence-corrected chi connectivity index (χ3v) is 6.30. The summed E-state index contributed by atoms with van der Waals surface area (Å²) in [5.41, 5.74) is 2.65. The van der Waals surface area contributed by atoms with E-state index in [-0.39, 0.29) is 23.8 Å². The highest BCUT2D eigenvalue weighted by atomic mass is 19.3. The topological polar surface area (TPSA) is 71.5 Å².